The molecule has 0 N–H and O–H groups in total. The topological polar surface area (TPSA) is 61.8 Å². The molecular weight excluding hydrogens is 272 g/mol. The molecule has 21 heavy (non-hydrogen) atoms. The molecule has 1 rings (SSSR count). The Bertz CT molecular complexity index is 467. The molecule has 0 saturated carbocycles. The van der Waals surface area contributed by atoms with Crippen molar-refractivity contribution in [1.29, 1.82) is 0 Å². The molecular formula is C16H20O5. The summed E-state index contributed by atoms with van der Waals surface area (Å²) in [5, 5.41) is 0. The van der Waals surface area contributed by atoms with Crippen LogP contribution in [0.5, 0.6) is 0 Å². The van der Waals surface area contributed by atoms with Gasteiger partial charge in [0.25, 0.3) is 0 Å². The first kappa shape index (κ1) is 16.9. The number of carbonyl (C=O) groups excluding carboxylic acids is 2. The molecule has 114 valence electrons. The highest BCUT2D eigenvalue weighted by Gasteiger charge is 2.06. The van der Waals surface area contributed by atoms with Crippen LogP contribution in [0.3, 0.4) is 0 Å². The molecule has 0 aromatic heterocycles. The summed E-state index contributed by atoms with van der Waals surface area (Å²) in [6.45, 7) is 5.77. The first-order valence-electron chi connectivity index (χ1n) is 6.82. The summed E-state index contributed by atoms with van der Waals surface area (Å²) < 4.78 is 4.94. The Morgan fingerprint density at radius 3 is 2.38 bits per heavy atom. The molecule has 0 spiro atoms. The van der Waals surface area contributed by atoms with Crippen LogP contribution in [0.15, 0.2) is 42.5 Å². The maximum atomic E-state index is 11.5. The molecule has 0 fully saturated rings. The largest absolute Gasteiger partial charge is 0.462 e. The summed E-state index contributed by atoms with van der Waals surface area (Å²) in [5.74, 6) is -0.881. The van der Waals surface area contributed by atoms with Crippen molar-refractivity contribution in [2.24, 2.45) is 0 Å². The quantitative estimate of drug-likeness (QED) is 0.230. The zero-order valence-corrected chi connectivity index (χ0v) is 12.2. The third-order valence-corrected chi connectivity index (χ3v) is 2.60. The van der Waals surface area contributed by atoms with Gasteiger partial charge < -0.3 is 4.74 Å². The molecule has 0 unspecified atom stereocenters. The molecule has 0 aliphatic heterocycles. The number of unbranched alkanes of at least 4 members (excludes halogenated alkanes) is 2. The number of rotatable bonds is 9. The summed E-state index contributed by atoms with van der Waals surface area (Å²) in [5.41, 5.74) is 0.843. The van der Waals surface area contributed by atoms with E-state index in [1.54, 1.807) is 31.2 Å². The van der Waals surface area contributed by atoms with Gasteiger partial charge in [-0.15, -0.1) is 0 Å². The van der Waals surface area contributed by atoms with E-state index in [0.29, 0.717) is 30.8 Å². The van der Waals surface area contributed by atoms with Gasteiger partial charge in [0.1, 0.15) is 0 Å². The zero-order chi connectivity index (χ0) is 15.5. The number of benzene rings is 1. The smallest absolute Gasteiger partial charge is 0.373 e. The van der Waals surface area contributed by atoms with Gasteiger partial charge in [0, 0.05) is 5.57 Å². The average molecular weight is 292 g/mol. The lowest BCUT2D eigenvalue weighted by Gasteiger charge is -2.05. The Morgan fingerprint density at radius 2 is 1.71 bits per heavy atom. The molecule has 0 radical (unpaired) electrons. The van der Waals surface area contributed by atoms with Gasteiger partial charge in [0.2, 0.25) is 0 Å². The predicted octanol–water partition coefficient (Wildman–Crippen LogP) is 3.06. The van der Waals surface area contributed by atoms with Crippen molar-refractivity contribution in [1.82, 2.24) is 0 Å². The lowest BCUT2D eigenvalue weighted by atomic mass is 10.2. The van der Waals surface area contributed by atoms with E-state index in [1.165, 1.54) is 0 Å². The van der Waals surface area contributed by atoms with Crippen molar-refractivity contribution >= 4 is 11.9 Å². The van der Waals surface area contributed by atoms with E-state index in [1.807, 2.05) is 6.07 Å². The van der Waals surface area contributed by atoms with Crippen LogP contribution < -0.4 is 0 Å². The Kier molecular flexibility index (Phi) is 7.82. The maximum Gasteiger partial charge on any atom is 0.373 e. The van der Waals surface area contributed by atoms with Crippen molar-refractivity contribution in [2.45, 2.75) is 26.2 Å². The van der Waals surface area contributed by atoms with Crippen molar-refractivity contribution in [3.05, 3.63) is 48.0 Å². The number of hydrogen-bond acceptors (Lipinski definition) is 5. The number of hydrogen-bond donors (Lipinski definition) is 0. The Balaban J connectivity index is 1.99. The minimum atomic E-state index is -0.508. The van der Waals surface area contributed by atoms with E-state index in [0.717, 1.165) is 12.8 Å². The van der Waals surface area contributed by atoms with E-state index >= 15 is 0 Å². The Hall–Kier alpha value is -2.14. The van der Waals surface area contributed by atoms with Gasteiger partial charge in [0.05, 0.1) is 18.8 Å². The highest BCUT2D eigenvalue weighted by atomic mass is 17.2. The van der Waals surface area contributed by atoms with Crippen LogP contribution >= 0.6 is 0 Å². The molecule has 1 aromatic carbocycles. The summed E-state index contributed by atoms with van der Waals surface area (Å²) in [6, 6.07) is 8.63. The van der Waals surface area contributed by atoms with Crippen molar-refractivity contribution in [3.63, 3.8) is 0 Å². The van der Waals surface area contributed by atoms with Gasteiger partial charge >= 0.3 is 11.9 Å². The third-order valence-electron chi connectivity index (χ3n) is 2.60. The van der Waals surface area contributed by atoms with Gasteiger partial charge in [0.15, 0.2) is 0 Å². The van der Waals surface area contributed by atoms with Gasteiger partial charge in [-0.3, -0.25) is 4.89 Å². The monoisotopic (exact) mass is 292 g/mol. The SMILES string of the molecule is C=C(C)C(=O)OCCCCCOOC(=O)c1ccccc1. The van der Waals surface area contributed by atoms with Gasteiger partial charge in [-0.25, -0.2) is 9.59 Å². The molecule has 0 heterocycles. The molecule has 0 atom stereocenters. The molecule has 0 aliphatic carbocycles. The Labute approximate surface area is 124 Å². The lowest BCUT2D eigenvalue weighted by molar-refractivity contribution is -0.241. The van der Waals surface area contributed by atoms with Gasteiger partial charge in [-0.1, -0.05) is 24.8 Å². The van der Waals surface area contributed by atoms with Crippen LogP contribution in [0.4, 0.5) is 0 Å². The molecule has 1 aromatic rings. The van der Waals surface area contributed by atoms with E-state index in [9.17, 15) is 9.59 Å². The summed E-state index contributed by atoms with van der Waals surface area (Å²) in [6.07, 6.45) is 2.26. The van der Waals surface area contributed by atoms with Crippen LogP contribution in [0.2, 0.25) is 0 Å². The van der Waals surface area contributed by atoms with Crippen LogP contribution in [-0.2, 0) is 19.3 Å². The minimum absolute atomic E-state index is 0.313. The van der Waals surface area contributed by atoms with Crippen LogP contribution in [-0.4, -0.2) is 25.2 Å². The fourth-order valence-electron chi connectivity index (χ4n) is 1.45. The van der Waals surface area contributed by atoms with Crippen LogP contribution in [0.25, 0.3) is 0 Å². The summed E-state index contributed by atoms with van der Waals surface area (Å²) in [4.78, 5) is 32.1. The van der Waals surface area contributed by atoms with E-state index in [-0.39, 0.29) is 5.97 Å². The maximum absolute atomic E-state index is 11.5. The van der Waals surface area contributed by atoms with Gasteiger partial charge in [-0.05, 0) is 38.3 Å². The summed E-state index contributed by atoms with van der Waals surface area (Å²) in [7, 11) is 0. The van der Waals surface area contributed by atoms with Crippen molar-refractivity contribution < 1.29 is 24.1 Å². The summed E-state index contributed by atoms with van der Waals surface area (Å²) >= 11 is 0. The van der Waals surface area contributed by atoms with E-state index < -0.39 is 5.97 Å². The normalized spacial score (nSPS) is 9.95. The van der Waals surface area contributed by atoms with E-state index in [2.05, 4.69) is 11.5 Å². The number of esters is 1. The van der Waals surface area contributed by atoms with E-state index in [4.69, 9.17) is 9.62 Å². The highest BCUT2D eigenvalue weighted by molar-refractivity contribution is 5.88. The molecule has 0 saturated heterocycles. The predicted molar refractivity (Wildman–Crippen MR) is 77.4 cm³/mol. The number of ether oxygens (including phenoxy) is 1. The number of carbonyl (C=O) groups is 2. The Morgan fingerprint density at radius 1 is 1.05 bits per heavy atom. The molecule has 0 amide bonds. The first-order chi connectivity index (χ1) is 10.1. The standard InChI is InChI=1S/C16H20O5/c1-13(2)15(17)19-11-7-4-8-12-20-21-16(18)14-9-5-3-6-10-14/h3,5-6,9-10H,1,4,7-8,11-12H2,2H3. The molecule has 0 bridgehead atoms. The minimum Gasteiger partial charge on any atom is -0.462 e. The van der Waals surface area contributed by atoms with Crippen molar-refractivity contribution in [2.75, 3.05) is 13.2 Å². The van der Waals surface area contributed by atoms with Crippen LogP contribution in [0.1, 0.15) is 36.5 Å². The fraction of sp³-hybridized carbons (Fsp3) is 0.375. The lowest BCUT2D eigenvalue weighted by Crippen LogP contribution is -2.08. The van der Waals surface area contributed by atoms with Gasteiger partial charge in [-0.2, -0.15) is 4.89 Å². The average Bonchev–Trinajstić information content (AvgIpc) is 2.50. The third kappa shape index (κ3) is 7.27. The highest BCUT2D eigenvalue weighted by Crippen LogP contribution is 2.03. The second kappa shape index (κ2) is 9.72. The molecule has 5 heteroatoms. The second-order valence-electron chi connectivity index (χ2n) is 4.54. The molecule has 5 nitrogen and oxygen atoms in total. The van der Waals surface area contributed by atoms with Crippen LogP contribution in [0, 0.1) is 0 Å². The fourth-order valence-corrected chi connectivity index (χ4v) is 1.45. The first-order valence-corrected chi connectivity index (χ1v) is 6.82. The second-order valence-corrected chi connectivity index (χ2v) is 4.54. The molecule has 0 aliphatic rings. The van der Waals surface area contributed by atoms with Crippen molar-refractivity contribution in [3.8, 4) is 0 Å². The zero-order valence-electron chi connectivity index (χ0n) is 12.2.